The predicted molar refractivity (Wildman–Crippen MR) is 68.7 cm³/mol. The van der Waals surface area contributed by atoms with E-state index in [0.717, 1.165) is 5.56 Å². The van der Waals surface area contributed by atoms with Crippen LogP contribution in [0.1, 0.15) is 5.56 Å². The van der Waals surface area contributed by atoms with Crippen LogP contribution in [0.15, 0.2) is 42.1 Å². The smallest absolute Gasteiger partial charge is 0.330 e. The average Bonchev–Trinajstić information content (AvgIpc) is 2.24. The van der Waals surface area contributed by atoms with Gasteiger partial charge in [0.15, 0.2) is 0 Å². The van der Waals surface area contributed by atoms with Gasteiger partial charge in [-0.25, -0.2) is 4.79 Å². The monoisotopic (exact) mass is 234 g/mol. The van der Waals surface area contributed by atoms with E-state index in [-0.39, 0.29) is 5.97 Å². The summed E-state index contributed by atoms with van der Waals surface area (Å²) >= 11 is 0. The largest absolute Gasteiger partial charge is 0.458 e. The maximum Gasteiger partial charge on any atom is 0.330 e. The van der Waals surface area contributed by atoms with Crippen molar-refractivity contribution < 1.29 is 9.53 Å². The van der Waals surface area contributed by atoms with Gasteiger partial charge in [0.25, 0.3) is 0 Å². The summed E-state index contributed by atoms with van der Waals surface area (Å²) in [5, 5.41) is 0. The molecule has 16 heavy (non-hydrogen) atoms. The lowest BCUT2D eigenvalue weighted by Crippen LogP contribution is -2.16. The summed E-state index contributed by atoms with van der Waals surface area (Å²) in [6.07, 6.45) is 1.55. The molecule has 0 spiro atoms. The van der Waals surface area contributed by atoms with Crippen LogP contribution in [0.5, 0.6) is 0 Å². The SMILES string of the molecule is C[Si](C)(C)C=CC(=O)OCc1ccccc1. The van der Waals surface area contributed by atoms with Gasteiger partial charge in [0.05, 0.1) is 8.07 Å². The highest BCUT2D eigenvalue weighted by Gasteiger charge is 2.08. The van der Waals surface area contributed by atoms with Gasteiger partial charge in [-0.3, -0.25) is 0 Å². The second-order valence-corrected chi connectivity index (χ2v) is 9.86. The van der Waals surface area contributed by atoms with Crippen molar-refractivity contribution in [1.82, 2.24) is 0 Å². The number of carbonyl (C=O) groups excluding carboxylic acids is 1. The molecule has 2 nitrogen and oxygen atoms in total. The van der Waals surface area contributed by atoms with Gasteiger partial charge in [0, 0.05) is 6.08 Å². The second-order valence-electron chi connectivity index (χ2n) is 4.79. The molecule has 3 heteroatoms. The molecule has 0 heterocycles. The lowest BCUT2D eigenvalue weighted by atomic mass is 10.2. The Hall–Kier alpha value is -1.35. The van der Waals surface area contributed by atoms with Gasteiger partial charge >= 0.3 is 5.97 Å². The summed E-state index contributed by atoms with van der Waals surface area (Å²) in [6, 6.07) is 9.68. The molecule has 86 valence electrons. The summed E-state index contributed by atoms with van der Waals surface area (Å²) in [5.74, 6) is -0.258. The first-order valence-corrected chi connectivity index (χ1v) is 8.95. The van der Waals surface area contributed by atoms with Crippen molar-refractivity contribution in [2.45, 2.75) is 26.2 Å². The number of esters is 1. The van der Waals surface area contributed by atoms with Crippen molar-refractivity contribution in [2.75, 3.05) is 0 Å². The number of hydrogen-bond acceptors (Lipinski definition) is 2. The van der Waals surface area contributed by atoms with Crippen LogP contribution in [0.4, 0.5) is 0 Å². The Morgan fingerprint density at radius 3 is 2.44 bits per heavy atom. The van der Waals surface area contributed by atoms with E-state index in [0.29, 0.717) is 6.61 Å². The minimum absolute atomic E-state index is 0.258. The highest BCUT2D eigenvalue weighted by Crippen LogP contribution is 2.04. The minimum atomic E-state index is -1.31. The molecule has 0 atom stereocenters. The van der Waals surface area contributed by atoms with E-state index in [2.05, 4.69) is 19.6 Å². The maximum absolute atomic E-state index is 11.4. The molecule has 0 N–H and O–H groups in total. The first kappa shape index (κ1) is 12.7. The van der Waals surface area contributed by atoms with Gasteiger partial charge in [-0.1, -0.05) is 55.7 Å². The first-order valence-electron chi connectivity index (χ1n) is 5.37. The van der Waals surface area contributed by atoms with E-state index in [1.54, 1.807) is 6.08 Å². The Kier molecular flexibility index (Phi) is 4.49. The van der Waals surface area contributed by atoms with Crippen LogP contribution in [0.2, 0.25) is 19.6 Å². The number of carbonyl (C=O) groups is 1. The Labute approximate surface area is 98.0 Å². The highest BCUT2D eigenvalue weighted by molar-refractivity contribution is 6.81. The first-order chi connectivity index (χ1) is 7.47. The normalized spacial score (nSPS) is 11.7. The molecule has 0 aliphatic carbocycles. The van der Waals surface area contributed by atoms with E-state index in [1.165, 1.54) is 0 Å². The highest BCUT2D eigenvalue weighted by atomic mass is 28.3. The van der Waals surface area contributed by atoms with Gasteiger partial charge in [0.1, 0.15) is 6.61 Å². The zero-order chi connectivity index (χ0) is 12.0. The molecular formula is C13H18O2Si. The van der Waals surface area contributed by atoms with Crippen molar-refractivity contribution in [3.05, 3.63) is 47.7 Å². The van der Waals surface area contributed by atoms with E-state index >= 15 is 0 Å². The van der Waals surface area contributed by atoms with E-state index in [9.17, 15) is 4.79 Å². The van der Waals surface area contributed by atoms with Crippen LogP contribution in [-0.4, -0.2) is 14.0 Å². The van der Waals surface area contributed by atoms with Crippen LogP contribution in [-0.2, 0) is 16.1 Å². The average molecular weight is 234 g/mol. The molecule has 0 saturated carbocycles. The summed E-state index contributed by atoms with van der Waals surface area (Å²) in [4.78, 5) is 11.4. The van der Waals surface area contributed by atoms with Gasteiger partial charge in [-0.2, -0.15) is 0 Å². The van der Waals surface area contributed by atoms with Gasteiger partial charge in [0.2, 0.25) is 0 Å². The molecule has 0 amide bonds. The fourth-order valence-corrected chi connectivity index (χ4v) is 1.73. The van der Waals surface area contributed by atoms with Gasteiger partial charge < -0.3 is 4.74 Å². The van der Waals surface area contributed by atoms with E-state index < -0.39 is 8.07 Å². The molecule has 0 fully saturated rings. The maximum atomic E-state index is 11.4. The molecule has 0 bridgehead atoms. The summed E-state index contributed by atoms with van der Waals surface area (Å²) in [6.45, 7) is 6.87. The second kappa shape index (κ2) is 5.65. The van der Waals surface area contributed by atoms with Crippen molar-refractivity contribution in [3.8, 4) is 0 Å². The van der Waals surface area contributed by atoms with Crippen molar-refractivity contribution >= 4 is 14.0 Å². The third-order valence-electron chi connectivity index (χ3n) is 1.94. The Bertz CT molecular complexity index is 363. The molecule has 0 aromatic heterocycles. The lowest BCUT2D eigenvalue weighted by Gasteiger charge is -2.08. The molecule has 0 aliphatic rings. The third-order valence-corrected chi connectivity index (χ3v) is 3.11. The van der Waals surface area contributed by atoms with Crippen LogP contribution >= 0.6 is 0 Å². The molecular weight excluding hydrogens is 216 g/mol. The molecule has 0 aliphatic heterocycles. The van der Waals surface area contributed by atoms with Crippen LogP contribution < -0.4 is 0 Å². The fourth-order valence-electron chi connectivity index (χ4n) is 1.09. The summed E-state index contributed by atoms with van der Waals surface area (Å²) in [7, 11) is -1.31. The van der Waals surface area contributed by atoms with Crippen molar-refractivity contribution in [3.63, 3.8) is 0 Å². The zero-order valence-electron chi connectivity index (χ0n) is 10.1. The lowest BCUT2D eigenvalue weighted by molar-refractivity contribution is -0.139. The molecule has 1 aromatic rings. The number of rotatable bonds is 4. The molecule has 0 saturated heterocycles. The zero-order valence-corrected chi connectivity index (χ0v) is 11.1. The predicted octanol–water partition coefficient (Wildman–Crippen LogP) is 3.16. The molecule has 0 radical (unpaired) electrons. The standard InChI is InChI=1S/C13H18O2Si/c1-16(2,3)10-9-13(14)15-11-12-7-5-4-6-8-12/h4-10H,11H2,1-3H3. The number of benzene rings is 1. The summed E-state index contributed by atoms with van der Waals surface area (Å²) in [5.41, 5.74) is 3.00. The minimum Gasteiger partial charge on any atom is -0.458 e. The Morgan fingerprint density at radius 2 is 1.88 bits per heavy atom. The van der Waals surface area contributed by atoms with Crippen molar-refractivity contribution in [1.29, 1.82) is 0 Å². The van der Waals surface area contributed by atoms with E-state index in [4.69, 9.17) is 4.74 Å². The molecule has 1 aromatic carbocycles. The number of hydrogen-bond donors (Lipinski definition) is 0. The van der Waals surface area contributed by atoms with Crippen LogP contribution in [0.25, 0.3) is 0 Å². The quantitative estimate of drug-likeness (QED) is 0.454. The number of ether oxygens (including phenoxy) is 1. The van der Waals surface area contributed by atoms with Crippen LogP contribution in [0, 0.1) is 0 Å². The Balaban J connectivity index is 2.40. The Morgan fingerprint density at radius 1 is 1.25 bits per heavy atom. The van der Waals surface area contributed by atoms with Gasteiger partial charge in [-0.05, 0) is 5.56 Å². The summed E-state index contributed by atoms with van der Waals surface area (Å²) < 4.78 is 5.12. The molecule has 1 rings (SSSR count). The van der Waals surface area contributed by atoms with E-state index in [1.807, 2.05) is 36.0 Å². The molecule has 0 unspecified atom stereocenters. The van der Waals surface area contributed by atoms with Crippen LogP contribution in [0.3, 0.4) is 0 Å². The fraction of sp³-hybridized carbons (Fsp3) is 0.308. The van der Waals surface area contributed by atoms with Crippen molar-refractivity contribution in [2.24, 2.45) is 0 Å². The topological polar surface area (TPSA) is 26.3 Å². The third kappa shape index (κ3) is 5.51. The van der Waals surface area contributed by atoms with Gasteiger partial charge in [-0.15, -0.1) is 0 Å².